The molecule has 1 aromatic heterocycles. The van der Waals surface area contributed by atoms with Crippen LogP contribution in [0.15, 0.2) is 24.3 Å². The third-order valence-electron chi connectivity index (χ3n) is 1.87. The van der Waals surface area contributed by atoms with Crippen LogP contribution in [0, 0.1) is 0 Å². The normalized spacial score (nSPS) is 10.4. The van der Waals surface area contributed by atoms with Crippen LogP contribution in [0.3, 0.4) is 0 Å². The lowest BCUT2D eigenvalue weighted by atomic mass is 10.2. The molecular weight excluding hydrogens is 246 g/mol. The maximum absolute atomic E-state index is 5.86. The van der Waals surface area contributed by atoms with E-state index in [1.54, 1.807) is 0 Å². The fourth-order valence-corrected chi connectivity index (χ4v) is 1.93. The van der Waals surface area contributed by atoms with Crippen LogP contribution in [-0.4, -0.2) is 10.2 Å². The molecule has 6 heteroatoms. The van der Waals surface area contributed by atoms with Crippen molar-refractivity contribution in [3.8, 4) is 5.19 Å². The Kier molecular flexibility index (Phi) is 3.71. The summed E-state index contributed by atoms with van der Waals surface area (Å²) in [6, 6.07) is 7.50. The van der Waals surface area contributed by atoms with E-state index in [0.717, 1.165) is 10.6 Å². The molecule has 2 aromatic rings. The fraction of sp³-hybridized carbons (Fsp3) is 0.200. The Hall–Kier alpha value is -1.17. The van der Waals surface area contributed by atoms with Gasteiger partial charge < -0.3 is 10.5 Å². The van der Waals surface area contributed by atoms with E-state index >= 15 is 0 Å². The molecule has 0 saturated heterocycles. The SMILES string of the molecule is NCc1nnc(OCc2cccc(Cl)c2)s1. The van der Waals surface area contributed by atoms with Crippen molar-refractivity contribution >= 4 is 22.9 Å². The number of rotatable bonds is 4. The molecule has 0 atom stereocenters. The van der Waals surface area contributed by atoms with Crippen LogP contribution < -0.4 is 10.5 Å². The lowest BCUT2D eigenvalue weighted by Crippen LogP contribution is -1.94. The maximum Gasteiger partial charge on any atom is 0.294 e. The van der Waals surface area contributed by atoms with Crippen LogP contribution in [0.1, 0.15) is 10.6 Å². The zero-order valence-corrected chi connectivity index (χ0v) is 9.96. The van der Waals surface area contributed by atoms with Crippen molar-refractivity contribution in [1.82, 2.24) is 10.2 Å². The third-order valence-corrected chi connectivity index (χ3v) is 2.97. The molecule has 0 bridgehead atoms. The van der Waals surface area contributed by atoms with Gasteiger partial charge >= 0.3 is 0 Å². The van der Waals surface area contributed by atoms with E-state index in [1.165, 1.54) is 11.3 Å². The van der Waals surface area contributed by atoms with E-state index in [4.69, 9.17) is 22.1 Å². The Balaban J connectivity index is 1.96. The van der Waals surface area contributed by atoms with Crippen molar-refractivity contribution in [3.05, 3.63) is 39.9 Å². The molecule has 84 valence electrons. The number of hydrogen-bond acceptors (Lipinski definition) is 5. The topological polar surface area (TPSA) is 61.0 Å². The van der Waals surface area contributed by atoms with E-state index in [0.29, 0.717) is 23.4 Å². The van der Waals surface area contributed by atoms with Gasteiger partial charge in [-0.3, -0.25) is 0 Å². The van der Waals surface area contributed by atoms with Gasteiger partial charge in [0.1, 0.15) is 11.6 Å². The first kappa shape index (κ1) is 11.3. The summed E-state index contributed by atoms with van der Waals surface area (Å²) in [7, 11) is 0. The molecule has 0 aliphatic carbocycles. The van der Waals surface area contributed by atoms with E-state index in [1.807, 2.05) is 24.3 Å². The Morgan fingerprint density at radius 2 is 2.25 bits per heavy atom. The summed E-state index contributed by atoms with van der Waals surface area (Å²) in [6.45, 7) is 0.817. The van der Waals surface area contributed by atoms with Gasteiger partial charge in [-0.15, -0.1) is 5.10 Å². The zero-order chi connectivity index (χ0) is 11.4. The van der Waals surface area contributed by atoms with Gasteiger partial charge in [0, 0.05) is 11.6 Å². The number of aromatic nitrogens is 2. The quantitative estimate of drug-likeness (QED) is 0.910. The highest BCUT2D eigenvalue weighted by Gasteiger charge is 2.03. The summed E-state index contributed by atoms with van der Waals surface area (Å²) < 4.78 is 5.46. The van der Waals surface area contributed by atoms with Gasteiger partial charge in [0.15, 0.2) is 0 Å². The molecule has 1 heterocycles. The van der Waals surface area contributed by atoms with Crippen LogP contribution in [0.2, 0.25) is 5.02 Å². The summed E-state index contributed by atoms with van der Waals surface area (Å²) in [5, 5.41) is 9.70. The third kappa shape index (κ3) is 2.91. The van der Waals surface area contributed by atoms with Crippen molar-refractivity contribution < 1.29 is 4.74 Å². The number of nitrogens with zero attached hydrogens (tertiary/aromatic N) is 2. The van der Waals surface area contributed by atoms with Crippen molar-refractivity contribution in [3.63, 3.8) is 0 Å². The molecule has 2 N–H and O–H groups in total. The number of ether oxygens (including phenoxy) is 1. The standard InChI is InChI=1S/C10H10ClN3OS/c11-8-3-1-2-7(4-8)6-15-10-14-13-9(5-12)16-10/h1-4H,5-6,12H2. The predicted molar refractivity (Wildman–Crippen MR) is 63.6 cm³/mol. The fourth-order valence-electron chi connectivity index (χ4n) is 1.15. The maximum atomic E-state index is 5.86. The Morgan fingerprint density at radius 1 is 1.38 bits per heavy atom. The molecule has 0 amide bonds. The first-order chi connectivity index (χ1) is 7.78. The van der Waals surface area contributed by atoms with Crippen molar-refractivity contribution in [2.24, 2.45) is 5.73 Å². The molecule has 0 unspecified atom stereocenters. The molecule has 0 fully saturated rings. The molecule has 1 aromatic carbocycles. The number of benzene rings is 1. The minimum atomic E-state index is 0.387. The number of hydrogen-bond donors (Lipinski definition) is 1. The highest BCUT2D eigenvalue weighted by atomic mass is 35.5. The molecule has 0 aliphatic rings. The second-order valence-electron chi connectivity index (χ2n) is 3.08. The molecule has 16 heavy (non-hydrogen) atoms. The van der Waals surface area contributed by atoms with Gasteiger partial charge in [0.2, 0.25) is 0 Å². The molecular formula is C10H10ClN3OS. The van der Waals surface area contributed by atoms with Crippen LogP contribution in [0.4, 0.5) is 0 Å². The number of halogens is 1. The van der Waals surface area contributed by atoms with E-state index < -0.39 is 0 Å². The summed E-state index contributed by atoms with van der Waals surface area (Å²) >= 11 is 7.21. The summed E-state index contributed by atoms with van der Waals surface area (Å²) in [5.41, 5.74) is 6.42. The summed E-state index contributed by atoms with van der Waals surface area (Å²) in [6.07, 6.45) is 0. The van der Waals surface area contributed by atoms with E-state index in [-0.39, 0.29) is 0 Å². The molecule has 4 nitrogen and oxygen atoms in total. The van der Waals surface area contributed by atoms with Gasteiger partial charge in [-0.05, 0) is 17.7 Å². The average Bonchev–Trinajstić information content (AvgIpc) is 2.74. The summed E-state index contributed by atoms with van der Waals surface area (Å²) in [5.74, 6) is 0. The van der Waals surface area contributed by atoms with Gasteiger partial charge in [0.05, 0.1) is 0 Å². The van der Waals surface area contributed by atoms with Crippen LogP contribution in [-0.2, 0) is 13.2 Å². The number of nitrogens with two attached hydrogens (primary N) is 1. The lowest BCUT2D eigenvalue weighted by Gasteiger charge is -2.01. The summed E-state index contributed by atoms with van der Waals surface area (Å²) in [4.78, 5) is 0. The first-order valence-corrected chi connectivity index (χ1v) is 5.87. The molecule has 2 rings (SSSR count). The van der Waals surface area contributed by atoms with Crippen LogP contribution in [0.5, 0.6) is 5.19 Å². The minimum Gasteiger partial charge on any atom is -0.464 e. The van der Waals surface area contributed by atoms with E-state index in [2.05, 4.69) is 10.2 Å². The highest BCUT2D eigenvalue weighted by Crippen LogP contribution is 2.19. The van der Waals surface area contributed by atoms with Crippen molar-refractivity contribution in [1.29, 1.82) is 0 Å². The monoisotopic (exact) mass is 255 g/mol. The molecule has 0 spiro atoms. The Labute approximate surface area is 102 Å². The van der Waals surface area contributed by atoms with Gasteiger partial charge in [-0.1, -0.05) is 40.2 Å². The van der Waals surface area contributed by atoms with Gasteiger partial charge in [-0.2, -0.15) is 0 Å². The average molecular weight is 256 g/mol. The van der Waals surface area contributed by atoms with Crippen LogP contribution >= 0.6 is 22.9 Å². The predicted octanol–water partition coefficient (Wildman–Crippen LogP) is 2.23. The second-order valence-corrected chi connectivity index (χ2v) is 4.55. The van der Waals surface area contributed by atoms with Crippen molar-refractivity contribution in [2.75, 3.05) is 0 Å². The molecule has 0 radical (unpaired) electrons. The highest BCUT2D eigenvalue weighted by molar-refractivity contribution is 7.13. The molecule has 0 saturated carbocycles. The molecule has 0 aliphatic heterocycles. The first-order valence-electron chi connectivity index (χ1n) is 4.67. The zero-order valence-electron chi connectivity index (χ0n) is 8.39. The van der Waals surface area contributed by atoms with Gasteiger partial charge in [-0.25, -0.2) is 0 Å². The van der Waals surface area contributed by atoms with Crippen LogP contribution in [0.25, 0.3) is 0 Å². The Bertz CT molecular complexity index is 475. The van der Waals surface area contributed by atoms with E-state index in [9.17, 15) is 0 Å². The second kappa shape index (κ2) is 5.25. The minimum absolute atomic E-state index is 0.387. The Morgan fingerprint density at radius 3 is 2.94 bits per heavy atom. The largest absolute Gasteiger partial charge is 0.464 e. The smallest absolute Gasteiger partial charge is 0.294 e. The lowest BCUT2D eigenvalue weighted by molar-refractivity contribution is 0.302. The van der Waals surface area contributed by atoms with Crippen molar-refractivity contribution in [2.45, 2.75) is 13.2 Å². The van der Waals surface area contributed by atoms with Gasteiger partial charge in [0.25, 0.3) is 5.19 Å².